The molecule has 0 bridgehead atoms. The highest BCUT2D eigenvalue weighted by molar-refractivity contribution is 7.92. The van der Waals surface area contributed by atoms with Gasteiger partial charge >= 0.3 is 0 Å². The molecule has 5 heteroatoms. The molecule has 0 saturated carbocycles. The van der Waals surface area contributed by atoms with Gasteiger partial charge in [0.2, 0.25) is 5.91 Å². The summed E-state index contributed by atoms with van der Waals surface area (Å²) in [6.07, 6.45) is 2.32. The van der Waals surface area contributed by atoms with Crippen LogP contribution in [0.2, 0.25) is 0 Å². The number of hydrogen-bond donors (Lipinski definition) is 0. The maximum Gasteiger partial charge on any atom is 0.244 e. The summed E-state index contributed by atoms with van der Waals surface area (Å²) in [4.78, 5) is 12.4. The zero-order chi connectivity index (χ0) is 9.94. The fourth-order valence-corrected chi connectivity index (χ4v) is 1.09. The second kappa shape index (κ2) is 3.71. The van der Waals surface area contributed by atoms with Gasteiger partial charge in [0, 0.05) is 13.3 Å². The maximum absolute atomic E-state index is 11.2. The van der Waals surface area contributed by atoms with Gasteiger partial charge in [0.05, 0.1) is 0 Å². The van der Waals surface area contributed by atoms with Crippen molar-refractivity contribution in [1.82, 2.24) is 4.90 Å². The van der Waals surface area contributed by atoms with Crippen molar-refractivity contribution in [2.75, 3.05) is 13.3 Å². The van der Waals surface area contributed by atoms with E-state index in [0.29, 0.717) is 0 Å². The van der Waals surface area contributed by atoms with E-state index in [1.165, 1.54) is 20.2 Å². The topological polar surface area (TPSA) is 54.5 Å². The van der Waals surface area contributed by atoms with Crippen molar-refractivity contribution in [2.24, 2.45) is 0 Å². The number of sulfone groups is 1. The highest BCUT2D eigenvalue weighted by atomic mass is 32.2. The summed E-state index contributed by atoms with van der Waals surface area (Å²) in [7, 11) is -1.83. The lowest BCUT2D eigenvalue weighted by Gasteiger charge is -2.15. The van der Waals surface area contributed by atoms with Crippen LogP contribution in [0.1, 0.15) is 6.92 Å². The first kappa shape index (κ1) is 11.2. The Bertz CT molecular complexity index is 281. The Morgan fingerprint density at radius 2 is 2.00 bits per heavy atom. The Hall–Kier alpha value is -0.840. The summed E-state index contributed by atoms with van der Waals surface area (Å²) < 4.78 is 21.8. The Labute approximate surface area is 72.8 Å². The normalized spacial score (nSPS) is 13.6. The summed E-state index contributed by atoms with van der Waals surface area (Å²) >= 11 is 0. The van der Waals surface area contributed by atoms with Crippen molar-refractivity contribution in [3.8, 4) is 0 Å². The van der Waals surface area contributed by atoms with Crippen LogP contribution >= 0.6 is 0 Å². The number of carbonyl (C=O) groups is 1. The molecule has 0 saturated heterocycles. The smallest absolute Gasteiger partial charge is 0.244 e. The summed E-state index contributed by atoms with van der Waals surface area (Å²) in [5.41, 5.74) is 0. The fourth-order valence-electron chi connectivity index (χ4n) is 0.560. The minimum Gasteiger partial charge on any atom is -0.322 e. The number of rotatable bonds is 3. The van der Waals surface area contributed by atoms with Gasteiger partial charge in [-0.3, -0.25) is 4.79 Å². The van der Waals surface area contributed by atoms with E-state index in [1.807, 2.05) is 0 Å². The maximum atomic E-state index is 11.2. The molecular formula is C7H13NO3S. The molecule has 70 valence electrons. The monoisotopic (exact) mass is 191 g/mol. The molecule has 0 aromatic rings. The van der Waals surface area contributed by atoms with Crippen molar-refractivity contribution in [3.05, 3.63) is 12.8 Å². The van der Waals surface area contributed by atoms with Crippen LogP contribution in [0.4, 0.5) is 0 Å². The van der Waals surface area contributed by atoms with Gasteiger partial charge in [-0.15, -0.1) is 0 Å². The fraction of sp³-hybridized carbons (Fsp3) is 0.571. The Kier molecular flexibility index (Phi) is 3.45. The van der Waals surface area contributed by atoms with Crippen LogP contribution in [0.15, 0.2) is 12.8 Å². The van der Waals surface area contributed by atoms with Crippen molar-refractivity contribution >= 4 is 15.7 Å². The van der Waals surface area contributed by atoms with E-state index in [2.05, 4.69) is 6.58 Å². The van der Waals surface area contributed by atoms with E-state index in [0.717, 1.165) is 11.2 Å². The molecule has 0 aliphatic heterocycles. The van der Waals surface area contributed by atoms with Crippen LogP contribution in [0, 0.1) is 0 Å². The molecule has 0 N–H and O–H groups in total. The molecule has 0 heterocycles. The van der Waals surface area contributed by atoms with Gasteiger partial charge in [-0.25, -0.2) is 8.42 Å². The van der Waals surface area contributed by atoms with Crippen LogP contribution in [0.5, 0.6) is 0 Å². The van der Waals surface area contributed by atoms with Gasteiger partial charge in [0.1, 0.15) is 5.25 Å². The lowest BCUT2D eigenvalue weighted by molar-refractivity contribution is -0.126. The molecule has 4 nitrogen and oxygen atoms in total. The number of carbonyl (C=O) groups excluding carboxylic acids is 1. The van der Waals surface area contributed by atoms with Gasteiger partial charge in [-0.1, -0.05) is 6.58 Å². The molecule has 12 heavy (non-hydrogen) atoms. The van der Waals surface area contributed by atoms with Gasteiger partial charge in [-0.05, 0) is 13.1 Å². The first-order valence-electron chi connectivity index (χ1n) is 3.38. The Balaban J connectivity index is 4.63. The van der Waals surface area contributed by atoms with E-state index in [-0.39, 0.29) is 0 Å². The minimum atomic E-state index is -3.30. The molecule has 0 aromatic carbocycles. The zero-order valence-electron chi connectivity index (χ0n) is 7.44. The molecule has 1 unspecified atom stereocenters. The van der Waals surface area contributed by atoms with Gasteiger partial charge in [0.25, 0.3) is 0 Å². The third kappa shape index (κ3) is 2.65. The lowest BCUT2D eigenvalue weighted by Crippen LogP contribution is -2.35. The Morgan fingerprint density at radius 3 is 2.25 bits per heavy atom. The predicted molar refractivity (Wildman–Crippen MR) is 47.3 cm³/mol. The molecule has 0 rings (SSSR count). The van der Waals surface area contributed by atoms with Crippen molar-refractivity contribution in [1.29, 1.82) is 0 Å². The average Bonchev–Trinajstić information content (AvgIpc) is 1.98. The largest absolute Gasteiger partial charge is 0.322 e. The predicted octanol–water partition coefficient (Wildman–Crippen LogP) is 0.0214. The van der Waals surface area contributed by atoms with E-state index in [1.54, 1.807) is 0 Å². The number of hydrogen-bond acceptors (Lipinski definition) is 3. The van der Waals surface area contributed by atoms with E-state index >= 15 is 0 Å². The number of nitrogens with zero attached hydrogens (tertiary/aromatic N) is 1. The summed E-state index contributed by atoms with van der Waals surface area (Å²) in [6, 6.07) is 0. The van der Waals surface area contributed by atoms with E-state index < -0.39 is 21.0 Å². The van der Waals surface area contributed by atoms with Crippen LogP contribution in [0.25, 0.3) is 0 Å². The highest BCUT2D eigenvalue weighted by Crippen LogP contribution is 2.02. The van der Waals surface area contributed by atoms with Crippen LogP contribution in [0.3, 0.4) is 0 Å². The summed E-state index contributed by atoms with van der Waals surface area (Å²) in [5.74, 6) is -0.465. The molecule has 1 amide bonds. The van der Waals surface area contributed by atoms with Gasteiger partial charge in [-0.2, -0.15) is 0 Å². The second-order valence-electron chi connectivity index (χ2n) is 2.60. The molecular weight excluding hydrogens is 178 g/mol. The minimum absolute atomic E-state index is 0.465. The quantitative estimate of drug-likeness (QED) is 0.632. The third-order valence-electron chi connectivity index (χ3n) is 1.61. The van der Waals surface area contributed by atoms with E-state index in [9.17, 15) is 13.2 Å². The molecule has 1 atom stereocenters. The average molecular weight is 191 g/mol. The third-order valence-corrected chi connectivity index (χ3v) is 3.10. The van der Waals surface area contributed by atoms with Crippen molar-refractivity contribution < 1.29 is 13.2 Å². The molecule has 0 aromatic heterocycles. The summed E-state index contributed by atoms with van der Waals surface area (Å²) in [5, 5.41) is -1.000. The van der Waals surface area contributed by atoms with Crippen molar-refractivity contribution in [3.63, 3.8) is 0 Å². The Morgan fingerprint density at radius 1 is 1.58 bits per heavy atom. The van der Waals surface area contributed by atoms with Crippen LogP contribution in [-0.4, -0.2) is 37.8 Å². The second-order valence-corrected chi connectivity index (χ2v) is 4.97. The standard InChI is InChI=1S/C7H13NO3S/c1-5-8(3)7(9)6(2)12(4,10)11/h5-6H,1H2,2-4H3. The van der Waals surface area contributed by atoms with Crippen LogP contribution < -0.4 is 0 Å². The highest BCUT2D eigenvalue weighted by Gasteiger charge is 2.25. The zero-order valence-corrected chi connectivity index (χ0v) is 8.26. The van der Waals surface area contributed by atoms with Crippen molar-refractivity contribution in [2.45, 2.75) is 12.2 Å². The van der Waals surface area contributed by atoms with Crippen LogP contribution in [-0.2, 0) is 14.6 Å². The van der Waals surface area contributed by atoms with Gasteiger partial charge in [0.15, 0.2) is 9.84 Å². The first-order chi connectivity index (χ1) is 5.30. The molecule has 0 spiro atoms. The molecule has 0 aliphatic carbocycles. The molecule has 0 fully saturated rings. The first-order valence-corrected chi connectivity index (χ1v) is 5.34. The lowest BCUT2D eigenvalue weighted by atomic mass is 10.4. The number of amides is 1. The van der Waals surface area contributed by atoms with Gasteiger partial charge < -0.3 is 4.90 Å². The SMILES string of the molecule is C=CN(C)C(=O)C(C)S(C)(=O)=O. The van der Waals surface area contributed by atoms with E-state index in [4.69, 9.17) is 0 Å². The molecule has 0 aliphatic rings. The molecule has 0 radical (unpaired) electrons. The summed E-state index contributed by atoms with van der Waals surface area (Å²) in [6.45, 7) is 4.72.